The molecule has 76 valence electrons. The minimum atomic E-state index is 0.352. The lowest BCUT2D eigenvalue weighted by Gasteiger charge is -2.03. The van der Waals surface area contributed by atoms with E-state index in [0.29, 0.717) is 24.5 Å². The topological polar surface area (TPSA) is 17.1 Å². The van der Waals surface area contributed by atoms with Crippen LogP contribution in [0, 0.1) is 5.92 Å². The van der Waals surface area contributed by atoms with Crippen LogP contribution in [0.3, 0.4) is 0 Å². The molecule has 0 bridgehead atoms. The van der Waals surface area contributed by atoms with E-state index >= 15 is 0 Å². The molecule has 0 aliphatic rings. The van der Waals surface area contributed by atoms with Crippen molar-refractivity contribution in [1.82, 2.24) is 0 Å². The number of rotatable bonds is 5. The van der Waals surface area contributed by atoms with Crippen LogP contribution < -0.4 is 0 Å². The quantitative estimate of drug-likeness (QED) is 0.696. The predicted octanol–water partition coefficient (Wildman–Crippen LogP) is 3.23. The first-order chi connectivity index (χ1) is 6.68. The van der Waals surface area contributed by atoms with Gasteiger partial charge in [-0.15, -0.1) is 0 Å². The summed E-state index contributed by atoms with van der Waals surface area (Å²) < 4.78 is 0. The molecule has 1 rings (SSSR count). The van der Waals surface area contributed by atoms with E-state index in [2.05, 4.69) is 13.8 Å². The van der Waals surface area contributed by atoms with Crippen LogP contribution in [0.5, 0.6) is 0 Å². The molecule has 0 aliphatic carbocycles. The first kappa shape index (κ1) is 11.0. The van der Waals surface area contributed by atoms with Gasteiger partial charge in [0.25, 0.3) is 0 Å². The highest BCUT2D eigenvalue weighted by molar-refractivity contribution is 5.80. The van der Waals surface area contributed by atoms with Gasteiger partial charge in [-0.3, -0.25) is 4.79 Å². The molecule has 0 saturated carbocycles. The van der Waals surface area contributed by atoms with Gasteiger partial charge in [-0.05, 0) is 17.9 Å². The Morgan fingerprint density at radius 2 is 1.86 bits per heavy atom. The zero-order chi connectivity index (χ0) is 10.4. The Morgan fingerprint density at radius 3 is 2.43 bits per heavy atom. The van der Waals surface area contributed by atoms with E-state index < -0.39 is 0 Å². The maximum absolute atomic E-state index is 11.5. The third-order valence-corrected chi connectivity index (χ3v) is 2.24. The summed E-state index contributed by atoms with van der Waals surface area (Å²) in [6.07, 6.45) is 2.31. The standard InChI is InChI=1S/C13H18O/c1-11(2)8-9-13(14)10-12-6-4-3-5-7-12/h3-7,11H,8-10H2,1-2H3. The lowest BCUT2D eigenvalue weighted by atomic mass is 10.0. The molecule has 1 aromatic rings. The summed E-state index contributed by atoms with van der Waals surface area (Å²) in [4.78, 5) is 11.5. The van der Waals surface area contributed by atoms with Gasteiger partial charge in [0.05, 0.1) is 0 Å². The first-order valence-corrected chi connectivity index (χ1v) is 5.24. The monoisotopic (exact) mass is 190 g/mol. The van der Waals surface area contributed by atoms with Gasteiger partial charge in [0.1, 0.15) is 5.78 Å². The lowest BCUT2D eigenvalue weighted by molar-refractivity contribution is -0.118. The van der Waals surface area contributed by atoms with E-state index in [0.717, 1.165) is 12.0 Å². The van der Waals surface area contributed by atoms with Crippen LogP contribution in [0.25, 0.3) is 0 Å². The number of benzene rings is 1. The van der Waals surface area contributed by atoms with Crippen molar-refractivity contribution in [3.05, 3.63) is 35.9 Å². The Hall–Kier alpha value is -1.11. The van der Waals surface area contributed by atoms with Crippen LogP contribution in [-0.2, 0) is 11.2 Å². The normalized spacial score (nSPS) is 10.5. The molecule has 1 nitrogen and oxygen atoms in total. The molecule has 0 saturated heterocycles. The molecule has 0 amide bonds. The minimum Gasteiger partial charge on any atom is -0.299 e. The number of hydrogen-bond acceptors (Lipinski definition) is 1. The van der Waals surface area contributed by atoms with Crippen LogP contribution in [0.1, 0.15) is 32.3 Å². The highest BCUT2D eigenvalue weighted by Crippen LogP contribution is 2.07. The fourth-order valence-electron chi connectivity index (χ4n) is 1.36. The van der Waals surface area contributed by atoms with Crippen molar-refractivity contribution in [1.29, 1.82) is 0 Å². The zero-order valence-electron chi connectivity index (χ0n) is 8.99. The molecule has 14 heavy (non-hydrogen) atoms. The molecule has 0 heterocycles. The lowest BCUT2D eigenvalue weighted by Crippen LogP contribution is -2.04. The van der Waals surface area contributed by atoms with Crippen molar-refractivity contribution in [2.24, 2.45) is 5.92 Å². The van der Waals surface area contributed by atoms with Gasteiger partial charge >= 0.3 is 0 Å². The number of ketones is 1. The summed E-state index contributed by atoms with van der Waals surface area (Å²) in [5.41, 5.74) is 1.13. The Kier molecular flexibility index (Phi) is 4.37. The van der Waals surface area contributed by atoms with Gasteiger partial charge < -0.3 is 0 Å². The van der Waals surface area contributed by atoms with Crippen molar-refractivity contribution >= 4 is 5.78 Å². The van der Waals surface area contributed by atoms with E-state index in [-0.39, 0.29) is 0 Å². The second-order valence-corrected chi connectivity index (χ2v) is 4.13. The van der Waals surface area contributed by atoms with Gasteiger partial charge in [-0.2, -0.15) is 0 Å². The highest BCUT2D eigenvalue weighted by atomic mass is 16.1. The fourth-order valence-corrected chi connectivity index (χ4v) is 1.36. The zero-order valence-corrected chi connectivity index (χ0v) is 8.99. The molecule has 0 atom stereocenters. The molecule has 0 fully saturated rings. The van der Waals surface area contributed by atoms with Crippen LogP contribution in [0.4, 0.5) is 0 Å². The van der Waals surface area contributed by atoms with E-state index in [1.807, 2.05) is 30.3 Å². The van der Waals surface area contributed by atoms with E-state index in [4.69, 9.17) is 0 Å². The van der Waals surface area contributed by atoms with Crippen LogP contribution >= 0.6 is 0 Å². The van der Waals surface area contributed by atoms with E-state index in [1.54, 1.807) is 0 Å². The van der Waals surface area contributed by atoms with Gasteiger partial charge in [0, 0.05) is 12.8 Å². The molecule has 0 unspecified atom stereocenters. The number of Topliss-reactive ketones (excluding diaryl/α,β-unsaturated/α-hetero) is 1. The molecule has 0 radical (unpaired) electrons. The molecule has 0 aromatic heterocycles. The smallest absolute Gasteiger partial charge is 0.137 e. The Morgan fingerprint density at radius 1 is 1.21 bits per heavy atom. The van der Waals surface area contributed by atoms with Crippen molar-refractivity contribution in [3.8, 4) is 0 Å². The summed E-state index contributed by atoms with van der Waals surface area (Å²) in [7, 11) is 0. The molecule has 0 spiro atoms. The Balaban J connectivity index is 2.35. The molecule has 0 aliphatic heterocycles. The first-order valence-electron chi connectivity index (χ1n) is 5.24. The van der Waals surface area contributed by atoms with Crippen LogP contribution in [-0.4, -0.2) is 5.78 Å². The van der Waals surface area contributed by atoms with Gasteiger partial charge in [0.2, 0.25) is 0 Å². The second-order valence-electron chi connectivity index (χ2n) is 4.13. The Bertz CT molecular complexity index is 275. The highest BCUT2D eigenvalue weighted by Gasteiger charge is 2.04. The second kappa shape index (κ2) is 5.58. The number of carbonyl (C=O) groups excluding carboxylic acids is 1. The summed E-state index contributed by atoms with van der Waals surface area (Å²) in [6.45, 7) is 4.30. The molecule has 0 N–H and O–H groups in total. The minimum absolute atomic E-state index is 0.352. The van der Waals surface area contributed by atoms with Crippen molar-refractivity contribution in [2.45, 2.75) is 33.1 Å². The summed E-state index contributed by atoms with van der Waals surface area (Å²) in [5.74, 6) is 0.972. The van der Waals surface area contributed by atoms with Crippen molar-refractivity contribution in [2.75, 3.05) is 0 Å². The molecular weight excluding hydrogens is 172 g/mol. The maximum atomic E-state index is 11.5. The largest absolute Gasteiger partial charge is 0.299 e. The number of hydrogen-bond donors (Lipinski definition) is 0. The summed E-state index contributed by atoms with van der Waals surface area (Å²) in [5, 5.41) is 0. The molecular formula is C13H18O. The van der Waals surface area contributed by atoms with Crippen LogP contribution in [0.2, 0.25) is 0 Å². The third-order valence-electron chi connectivity index (χ3n) is 2.24. The number of carbonyl (C=O) groups is 1. The van der Waals surface area contributed by atoms with Crippen molar-refractivity contribution in [3.63, 3.8) is 0 Å². The van der Waals surface area contributed by atoms with E-state index in [9.17, 15) is 4.79 Å². The molecule has 1 aromatic carbocycles. The average molecular weight is 190 g/mol. The predicted molar refractivity (Wildman–Crippen MR) is 59.2 cm³/mol. The average Bonchev–Trinajstić information content (AvgIpc) is 2.16. The Labute approximate surface area is 86.1 Å². The van der Waals surface area contributed by atoms with Crippen LogP contribution in [0.15, 0.2) is 30.3 Å². The summed E-state index contributed by atoms with van der Waals surface area (Å²) >= 11 is 0. The SMILES string of the molecule is CC(C)CCC(=O)Cc1ccccc1. The molecule has 1 heteroatoms. The van der Waals surface area contributed by atoms with Gasteiger partial charge in [-0.25, -0.2) is 0 Å². The fraction of sp³-hybridized carbons (Fsp3) is 0.462. The van der Waals surface area contributed by atoms with Crippen molar-refractivity contribution < 1.29 is 4.79 Å². The van der Waals surface area contributed by atoms with E-state index in [1.165, 1.54) is 0 Å². The van der Waals surface area contributed by atoms with Gasteiger partial charge in [0.15, 0.2) is 0 Å². The van der Waals surface area contributed by atoms with Gasteiger partial charge in [-0.1, -0.05) is 44.2 Å². The third kappa shape index (κ3) is 4.22. The summed E-state index contributed by atoms with van der Waals surface area (Å²) in [6, 6.07) is 9.94. The maximum Gasteiger partial charge on any atom is 0.137 e.